The molecule has 2 aromatic heterocycles. The van der Waals surface area contributed by atoms with E-state index in [-0.39, 0.29) is 6.10 Å². The van der Waals surface area contributed by atoms with E-state index >= 15 is 0 Å². The highest BCUT2D eigenvalue weighted by atomic mass is 16.5. The van der Waals surface area contributed by atoms with Crippen LogP contribution in [0.2, 0.25) is 0 Å². The molecule has 0 spiro atoms. The van der Waals surface area contributed by atoms with Gasteiger partial charge in [0, 0.05) is 39.1 Å². The molecular weight excluding hydrogens is 242 g/mol. The fraction of sp³-hybridized carbons (Fsp3) is 0.538. The van der Waals surface area contributed by atoms with Crippen molar-refractivity contribution in [1.29, 1.82) is 0 Å². The van der Waals surface area contributed by atoms with E-state index in [4.69, 9.17) is 4.74 Å². The van der Waals surface area contributed by atoms with E-state index in [1.54, 1.807) is 6.20 Å². The summed E-state index contributed by atoms with van der Waals surface area (Å²) in [6.07, 6.45) is 6.93. The Morgan fingerprint density at radius 2 is 2.37 bits per heavy atom. The second-order valence-electron chi connectivity index (χ2n) is 4.84. The molecule has 1 aliphatic rings. The highest BCUT2D eigenvalue weighted by Gasteiger charge is 2.20. The lowest BCUT2D eigenvalue weighted by atomic mass is 10.3. The van der Waals surface area contributed by atoms with Gasteiger partial charge in [0.05, 0.1) is 12.3 Å². The molecule has 102 valence electrons. The third-order valence-electron chi connectivity index (χ3n) is 3.36. The SMILES string of the molecule is CNc1cn2ccnc2c(N2CCCOC(C)C2)n1. The lowest BCUT2D eigenvalue weighted by molar-refractivity contribution is 0.0820. The van der Waals surface area contributed by atoms with Crippen LogP contribution in [0.3, 0.4) is 0 Å². The van der Waals surface area contributed by atoms with Gasteiger partial charge in [-0.1, -0.05) is 0 Å². The van der Waals surface area contributed by atoms with Crippen molar-refractivity contribution in [2.75, 3.05) is 37.0 Å². The lowest BCUT2D eigenvalue weighted by Gasteiger charge is -2.24. The van der Waals surface area contributed by atoms with Gasteiger partial charge < -0.3 is 19.4 Å². The first-order valence-corrected chi connectivity index (χ1v) is 6.66. The minimum absolute atomic E-state index is 0.220. The van der Waals surface area contributed by atoms with Crippen LogP contribution in [0.5, 0.6) is 0 Å². The van der Waals surface area contributed by atoms with Gasteiger partial charge in [-0.2, -0.15) is 0 Å². The Morgan fingerprint density at radius 1 is 1.47 bits per heavy atom. The maximum absolute atomic E-state index is 5.69. The molecule has 1 aliphatic heterocycles. The number of aromatic nitrogens is 3. The van der Waals surface area contributed by atoms with E-state index < -0.39 is 0 Å². The van der Waals surface area contributed by atoms with Gasteiger partial charge in [0.15, 0.2) is 11.5 Å². The molecule has 1 unspecified atom stereocenters. The zero-order valence-electron chi connectivity index (χ0n) is 11.3. The Morgan fingerprint density at radius 3 is 3.21 bits per heavy atom. The number of imidazole rings is 1. The van der Waals surface area contributed by atoms with Crippen LogP contribution in [-0.2, 0) is 4.74 Å². The second kappa shape index (κ2) is 5.05. The van der Waals surface area contributed by atoms with Gasteiger partial charge in [-0.05, 0) is 13.3 Å². The van der Waals surface area contributed by atoms with Crippen LogP contribution >= 0.6 is 0 Å². The third kappa shape index (κ3) is 2.35. The van der Waals surface area contributed by atoms with Crippen LogP contribution in [0.25, 0.3) is 5.65 Å². The molecule has 1 fully saturated rings. The molecule has 1 saturated heterocycles. The third-order valence-corrected chi connectivity index (χ3v) is 3.36. The summed E-state index contributed by atoms with van der Waals surface area (Å²) in [5.41, 5.74) is 0.896. The second-order valence-corrected chi connectivity index (χ2v) is 4.84. The maximum Gasteiger partial charge on any atom is 0.180 e. The molecule has 0 saturated carbocycles. The van der Waals surface area contributed by atoms with E-state index in [0.29, 0.717) is 0 Å². The number of hydrogen-bond donors (Lipinski definition) is 1. The topological polar surface area (TPSA) is 54.7 Å². The molecular formula is C13H19N5O. The molecule has 6 nitrogen and oxygen atoms in total. The molecule has 3 rings (SSSR count). The van der Waals surface area contributed by atoms with Crippen molar-refractivity contribution in [3.63, 3.8) is 0 Å². The molecule has 2 aromatic rings. The van der Waals surface area contributed by atoms with Crippen molar-refractivity contribution in [2.24, 2.45) is 0 Å². The smallest absolute Gasteiger partial charge is 0.180 e. The fourth-order valence-corrected chi connectivity index (χ4v) is 2.43. The summed E-state index contributed by atoms with van der Waals surface area (Å²) in [4.78, 5) is 11.3. The first-order valence-electron chi connectivity index (χ1n) is 6.66. The fourth-order valence-electron chi connectivity index (χ4n) is 2.43. The monoisotopic (exact) mass is 261 g/mol. The van der Waals surface area contributed by atoms with Crippen molar-refractivity contribution in [2.45, 2.75) is 19.4 Å². The number of nitrogens with zero attached hydrogens (tertiary/aromatic N) is 4. The zero-order valence-corrected chi connectivity index (χ0v) is 11.3. The van der Waals surface area contributed by atoms with Crippen molar-refractivity contribution < 1.29 is 4.74 Å². The van der Waals surface area contributed by atoms with Crippen LogP contribution < -0.4 is 10.2 Å². The summed E-state index contributed by atoms with van der Waals surface area (Å²) in [6, 6.07) is 0. The van der Waals surface area contributed by atoms with Gasteiger partial charge in [0.2, 0.25) is 0 Å². The van der Waals surface area contributed by atoms with Crippen molar-refractivity contribution >= 4 is 17.3 Å². The minimum atomic E-state index is 0.220. The van der Waals surface area contributed by atoms with Crippen molar-refractivity contribution in [3.05, 3.63) is 18.6 Å². The Hall–Kier alpha value is -1.82. The van der Waals surface area contributed by atoms with Crippen molar-refractivity contribution in [1.82, 2.24) is 14.4 Å². The van der Waals surface area contributed by atoms with Gasteiger partial charge in [0.25, 0.3) is 0 Å². The quantitative estimate of drug-likeness (QED) is 0.885. The van der Waals surface area contributed by atoms with Crippen LogP contribution in [-0.4, -0.2) is 47.2 Å². The van der Waals surface area contributed by atoms with Gasteiger partial charge >= 0.3 is 0 Å². The number of nitrogens with one attached hydrogen (secondary N) is 1. The number of ether oxygens (including phenoxy) is 1. The molecule has 0 radical (unpaired) electrons. The first kappa shape index (κ1) is 12.2. The van der Waals surface area contributed by atoms with Gasteiger partial charge in [0.1, 0.15) is 5.82 Å². The highest BCUT2D eigenvalue weighted by Crippen LogP contribution is 2.22. The summed E-state index contributed by atoms with van der Waals surface area (Å²) in [5.74, 6) is 1.77. The lowest BCUT2D eigenvalue weighted by Crippen LogP contribution is -2.31. The summed E-state index contributed by atoms with van der Waals surface area (Å²) in [6.45, 7) is 4.72. The van der Waals surface area contributed by atoms with Crippen LogP contribution in [0.15, 0.2) is 18.6 Å². The summed E-state index contributed by atoms with van der Waals surface area (Å²) in [7, 11) is 1.88. The van der Waals surface area contributed by atoms with Crippen LogP contribution in [0.4, 0.5) is 11.6 Å². The molecule has 1 N–H and O–H groups in total. The Bertz CT molecular complexity index is 567. The zero-order chi connectivity index (χ0) is 13.2. The molecule has 3 heterocycles. The first-order chi connectivity index (χ1) is 9.28. The molecule has 0 aliphatic carbocycles. The van der Waals surface area contributed by atoms with E-state index in [9.17, 15) is 0 Å². The highest BCUT2D eigenvalue weighted by molar-refractivity contribution is 5.66. The van der Waals surface area contributed by atoms with E-state index in [1.807, 2.05) is 23.8 Å². The molecule has 19 heavy (non-hydrogen) atoms. The van der Waals surface area contributed by atoms with Gasteiger partial charge in [-0.3, -0.25) is 0 Å². The Balaban J connectivity index is 2.04. The molecule has 0 amide bonds. The normalized spacial score (nSPS) is 20.5. The maximum atomic E-state index is 5.69. The van der Waals surface area contributed by atoms with Crippen LogP contribution in [0, 0.1) is 0 Å². The molecule has 0 bridgehead atoms. The molecule has 1 atom stereocenters. The molecule has 0 aromatic carbocycles. The predicted octanol–water partition coefficient (Wildman–Crippen LogP) is 1.39. The predicted molar refractivity (Wildman–Crippen MR) is 74.8 cm³/mol. The van der Waals surface area contributed by atoms with Gasteiger partial charge in [-0.15, -0.1) is 0 Å². The van der Waals surface area contributed by atoms with E-state index in [0.717, 1.165) is 43.4 Å². The Labute approximate surface area is 112 Å². The van der Waals surface area contributed by atoms with Crippen molar-refractivity contribution in [3.8, 4) is 0 Å². The van der Waals surface area contributed by atoms with Gasteiger partial charge in [-0.25, -0.2) is 9.97 Å². The molecule has 6 heteroatoms. The summed E-state index contributed by atoms with van der Waals surface area (Å²) in [5, 5.41) is 3.10. The summed E-state index contributed by atoms with van der Waals surface area (Å²) >= 11 is 0. The van der Waals surface area contributed by atoms with E-state index in [2.05, 4.69) is 27.1 Å². The summed E-state index contributed by atoms with van der Waals surface area (Å²) < 4.78 is 7.70. The minimum Gasteiger partial charge on any atom is -0.377 e. The Kier molecular flexibility index (Phi) is 3.25. The number of fused-ring (bicyclic) bond motifs is 1. The standard InChI is InChI=1S/C13H19N5O/c1-10-8-17(5-3-7-19-10)13-12-15-4-6-18(12)9-11(14-2)16-13/h4,6,9-10,14H,3,5,7-8H2,1-2H3. The number of anilines is 2. The number of rotatable bonds is 2. The largest absolute Gasteiger partial charge is 0.377 e. The van der Waals surface area contributed by atoms with Crippen LogP contribution in [0.1, 0.15) is 13.3 Å². The van der Waals surface area contributed by atoms with E-state index in [1.165, 1.54) is 0 Å². The number of hydrogen-bond acceptors (Lipinski definition) is 5. The average Bonchev–Trinajstić information content (AvgIpc) is 2.79. The average molecular weight is 261 g/mol.